The molecule has 0 saturated heterocycles. The summed E-state index contributed by atoms with van der Waals surface area (Å²) in [7, 11) is 0. The maximum atomic E-state index is 13.4. The summed E-state index contributed by atoms with van der Waals surface area (Å²) in [5, 5.41) is 0. The van der Waals surface area contributed by atoms with Crippen molar-refractivity contribution in [1.82, 2.24) is 0 Å². The molecule has 0 unspecified atom stereocenters. The third-order valence-electron chi connectivity index (χ3n) is 3.70. The zero-order valence-corrected chi connectivity index (χ0v) is 10.2. The first-order valence-corrected chi connectivity index (χ1v) is 6.38. The smallest absolute Gasteiger partial charge is 0.127 e. The van der Waals surface area contributed by atoms with E-state index in [-0.39, 0.29) is 12.4 Å². The van der Waals surface area contributed by atoms with E-state index in [1.807, 2.05) is 12.1 Å². The molecule has 0 heterocycles. The van der Waals surface area contributed by atoms with Gasteiger partial charge in [0.05, 0.1) is 0 Å². The second-order valence-electron chi connectivity index (χ2n) is 4.85. The van der Waals surface area contributed by atoms with Crippen molar-refractivity contribution in [2.24, 2.45) is 5.73 Å². The van der Waals surface area contributed by atoms with E-state index in [1.54, 1.807) is 0 Å². The first-order chi connectivity index (χ1) is 8.78. The fourth-order valence-corrected chi connectivity index (χ4v) is 2.66. The highest BCUT2D eigenvalue weighted by atomic mass is 19.1. The predicted molar refractivity (Wildman–Crippen MR) is 71.8 cm³/mol. The quantitative estimate of drug-likeness (QED) is 0.856. The molecule has 3 rings (SSSR count). The number of hydrogen-bond donors (Lipinski definition) is 1. The highest BCUT2D eigenvalue weighted by Gasteiger charge is 2.12. The average Bonchev–Trinajstić information content (AvgIpc) is 2.86. The fraction of sp³-hybridized carbons (Fsp3) is 0.250. The van der Waals surface area contributed by atoms with Crippen molar-refractivity contribution in [1.29, 1.82) is 0 Å². The van der Waals surface area contributed by atoms with E-state index < -0.39 is 0 Å². The Morgan fingerprint density at radius 2 is 1.67 bits per heavy atom. The van der Waals surface area contributed by atoms with Crippen molar-refractivity contribution in [3.63, 3.8) is 0 Å². The normalized spacial score (nSPS) is 13.7. The molecule has 0 fully saturated rings. The van der Waals surface area contributed by atoms with Crippen molar-refractivity contribution in [3.8, 4) is 11.1 Å². The molecule has 1 nitrogen and oxygen atoms in total. The van der Waals surface area contributed by atoms with Gasteiger partial charge in [-0.25, -0.2) is 4.39 Å². The van der Waals surface area contributed by atoms with E-state index in [9.17, 15) is 4.39 Å². The minimum Gasteiger partial charge on any atom is -0.326 e. The van der Waals surface area contributed by atoms with Crippen LogP contribution in [0.15, 0.2) is 36.4 Å². The molecule has 0 atom stereocenters. The molecule has 0 amide bonds. The molecule has 0 aromatic heterocycles. The van der Waals surface area contributed by atoms with E-state index in [4.69, 9.17) is 5.73 Å². The van der Waals surface area contributed by atoms with Gasteiger partial charge in [0.15, 0.2) is 0 Å². The second kappa shape index (κ2) is 4.54. The van der Waals surface area contributed by atoms with Gasteiger partial charge in [0.2, 0.25) is 0 Å². The van der Waals surface area contributed by atoms with Crippen LogP contribution in [0, 0.1) is 5.82 Å². The third-order valence-corrected chi connectivity index (χ3v) is 3.70. The molecule has 0 radical (unpaired) electrons. The number of fused-ring (bicyclic) bond motifs is 1. The van der Waals surface area contributed by atoms with Crippen molar-refractivity contribution < 1.29 is 4.39 Å². The van der Waals surface area contributed by atoms with Crippen LogP contribution < -0.4 is 5.73 Å². The van der Waals surface area contributed by atoms with E-state index in [1.165, 1.54) is 30.0 Å². The summed E-state index contributed by atoms with van der Waals surface area (Å²) in [6.45, 7) is 0.241. The Kier molecular flexibility index (Phi) is 2.88. The molecule has 0 aliphatic heterocycles. The summed E-state index contributed by atoms with van der Waals surface area (Å²) >= 11 is 0. The van der Waals surface area contributed by atoms with Gasteiger partial charge in [-0.15, -0.1) is 0 Å². The number of halogens is 1. The lowest BCUT2D eigenvalue weighted by Gasteiger charge is -2.07. The van der Waals surface area contributed by atoms with Gasteiger partial charge in [0.25, 0.3) is 0 Å². The Bertz CT molecular complexity index is 581. The van der Waals surface area contributed by atoms with Crippen molar-refractivity contribution >= 4 is 0 Å². The Hall–Kier alpha value is -1.67. The topological polar surface area (TPSA) is 26.0 Å². The molecule has 1 aliphatic rings. The molecule has 2 N–H and O–H groups in total. The van der Waals surface area contributed by atoms with Gasteiger partial charge < -0.3 is 5.73 Å². The Balaban J connectivity index is 2.04. The van der Waals surface area contributed by atoms with Gasteiger partial charge in [-0.05, 0) is 53.6 Å². The highest BCUT2D eigenvalue weighted by Crippen LogP contribution is 2.28. The fourth-order valence-electron chi connectivity index (χ4n) is 2.66. The first-order valence-electron chi connectivity index (χ1n) is 6.38. The number of rotatable bonds is 2. The molecular formula is C16H16FN. The molecule has 2 aromatic carbocycles. The van der Waals surface area contributed by atoms with E-state index in [0.29, 0.717) is 5.56 Å². The van der Waals surface area contributed by atoms with E-state index in [0.717, 1.165) is 17.5 Å². The zero-order chi connectivity index (χ0) is 12.5. The van der Waals surface area contributed by atoms with Gasteiger partial charge in [-0.3, -0.25) is 0 Å². The monoisotopic (exact) mass is 241 g/mol. The summed E-state index contributed by atoms with van der Waals surface area (Å²) in [6, 6.07) is 11.7. The van der Waals surface area contributed by atoms with Gasteiger partial charge in [-0.2, -0.15) is 0 Å². The summed E-state index contributed by atoms with van der Waals surface area (Å²) in [6.07, 6.45) is 3.59. The molecule has 0 spiro atoms. The zero-order valence-electron chi connectivity index (χ0n) is 10.2. The number of nitrogens with two attached hydrogens (primary N) is 1. The predicted octanol–water partition coefficient (Wildman–Crippen LogP) is 3.44. The molecule has 92 valence electrons. The summed E-state index contributed by atoms with van der Waals surface area (Å²) in [5.74, 6) is -0.220. The van der Waals surface area contributed by atoms with Crippen molar-refractivity contribution in [2.75, 3.05) is 0 Å². The van der Waals surface area contributed by atoms with Crippen LogP contribution in [0.5, 0.6) is 0 Å². The average molecular weight is 241 g/mol. The third kappa shape index (κ3) is 1.93. The van der Waals surface area contributed by atoms with Gasteiger partial charge in [-0.1, -0.05) is 24.3 Å². The number of hydrogen-bond acceptors (Lipinski definition) is 1. The van der Waals surface area contributed by atoms with Crippen LogP contribution in [0.1, 0.15) is 23.1 Å². The summed E-state index contributed by atoms with van der Waals surface area (Å²) in [4.78, 5) is 0. The van der Waals surface area contributed by atoms with Crippen LogP contribution in [0.4, 0.5) is 4.39 Å². The highest BCUT2D eigenvalue weighted by molar-refractivity contribution is 5.66. The maximum Gasteiger partial charge on any atom is 0.127 e. The molecule has 2 aromatic rings. The second-order valence-corrected chi connectivity index (χ2v) is 4.85. The van der Waals surface area contributed by atoms with Gasteiger partial charge in [0, 0.05) is 12.1 Å². The van der Waals surface area contributed by atoms with Crippen LogP contribution >= 0.6 is 0 Å². The van der Waals surface area contributed by atoms with Crippen LogP contribution in [-0.2, 0) is 19.4 Å². The largest absolute Gasteiger partial charge is 0.326 e. The van der Waals surface area contributed by atoms with Crippen molar-refractivity contribution in [2.45, 2.75) is 25.8 Å². The molecule has 2 heteroatoms. The molecular weight excluding hydrogens is 225 g/mol. The lowest BCUT2D eigenvalue weighted by Crippen LogP contribution is -1.99. The van der Waals surface area contributed by atoms with Gasteiger partial charge >= 0.3 is 0 Å². The number of aryl methyl sites for hydroxylation is 2. The molecule has 18 heavy (non-hydrogen) atoms. The SMILES string of the molecule is NCc1cc(-c2ccc3c(c2)CCC3)ccc1F. The Morgan fingerprint density at radius 3 is 2.50 bits per heavy atom. The molecule has 0 bridgehead atoms. The Morgan fingerprint density at radius 1 is 0.944 bits per heavy atom. The van der Waals surface area contributed by atoms with Crippen LogP contribution in [-0.4, -0.2) is 0 Å². The molecule has 0 saturated carbocycles. The van der Waals surface area contributed by atoms with Crippen LogP contribution in [0.25, 0.3) is 11.1 Å². The summed E-state index contributed by atoms with van der Waals surface area (Å²) < 4.78 is 13.4. The lowest BCUT2D eigenvalue weighted by atomic mass is 9.99. The van der Waals surface area contributed by atoms with E-state index in [2.05, 4.69) is 18.2 Å². The molecule has 1 aliphatic carbocycles. The van der Waals surface area contributed by atoms with Crippen molar-refractivity contribution in [3.05, 3.63) is 58.9 Å². The minimum atomic E-state index is -0.220. The number of benzene rings is 2. The standard InChI is InChI=1S/C16H16FN/c17-16-7-6-14(9-15(16)10-18)13-5-4-11-2-1-3-12(11)8-13/h4-9H,1-3,10,18H2. The van der Waals surface area contributed by atoms with Crippen LogP contribution in [0.2, 0.25) is 0 Å². The Labute approximate surface area is 106 Å². The van der Waals surface area contributed by atoms with Crippen LogP contribution in [0.3, 0.4) is 0 Å². The van der Waals surface area contributed by atoms with Gasteiger partial charge in [0.1, 0.15) is 5.82 Å². The first kappa shape index (κ1) is 11.4. The minimum absolute atomic E-state index is 0.220. The lowest BCUT2D eigenvalue weighted by molar-refractivity contribution is 0.611. The van der Waals surface area contributed by atoms with E-state index >= 15 is 0 Å². The summed E-state index contributed by atoms with van der Waals surface area (Å²) in [5.41, 5.74) is 11.2. The maximum absolute atomic E-state index is 13.4.